The van der Waals surface area contributed by atoms with Gasteiger partial charge < -0.3 is 20.1 Å². The third kappa shape index (κ3) is 4.01. The van der Waals surface area contributed by atoms with E-state index in [9.17, 15) is 13.2 Å². The summed E-state index contributed by atoms with van der Waals surface area (Å²) in [5, 5.41) is 5.76. The van der Waals surface area contributed by atoms with Crippen molar-refractivity contribution in [1.29, 1.82) is 0 Å². The first-order valence-electron chi connectivity index (χ1n) is 9.18. The van der Waals surface area contributed by atoms with E-state index in [4.69, 9.17) is 9.47 Å². The van der Waals surface area contributed by atoms with Crippen LogP contribution in [0.4, 0.5) is 19.0 Å². The first-order chi connectivity index (χ1) is 13.2. The molecule has 2 atom stereocenters. The number of alkyl halides is 3. The molecule has 0 saturated carbocycles. The van der Waals surface area contributed by atoms with E-state index >= 15 is 0 Å². The van der Waals surface area contributed by atoms with Crippen molar-refractivity contribution in [2.24, 2.45) is 0 Å². The molecule has 2 aliphatic heterocycles. The number of anilines is 1. The number of pyridine rings is 1. The Labute approximate surface area is 161 Å². The van der Waals surface area contributed by atoms with Gasteiger partial charge >= 0.3 is 6.18 Å². The standard InChI is InChI=1S/C20H22F3N3O2/c1-12-7-19(2,26-12)11-28-14-3-4-15-13(5-14)9-27-17-8-24-18(6-16(15)17)25-10-20(21,22)23/h3-6,8,12,26H,7,9-11H2,1-2H3,(H,24,25). The minimum Gasteiger partial charge on any atom is -0.492 e. The van der Waals surface area contributed by atoms with Crippen molar-refractivity contribution in [2.75, 3.05) is 18.5 Å². The topological polar surface area (TPSA) is 55.4 Å². The van der Waals surface area contributed by atoms with Gasteiger partial charge in [-0.3, -0.25) is 0 Å². The smallest absolute Gasteiger partial charge is 0.405 e. The average molecular weight is 393 g/mol. The fraction of sp³-hybridized carbons (Fsp3) is 0.450. The highest BCUT2D eigenvalue weighted by Crippen LogP contribution is 2.39. The molecule has 0 spiro atoms. The van der Waals surface area contributed by atoms with Crippen LogP contribution < -0.4 is 20.1 Å². The van der Waals surface area contributed by atoms with Gasteiger partial charge in [-0.25, -0.2) is 4.98 Å². The van der Waals surface area contributed by atoms with Crippen LogP contribution in [0.2, 0.25) is 0 Å². The second-order valence-electron chi connectivity index (χ2n) is 7.74. The van der Waals surface area contributed by atoms with Gasteiger partial charge in [-0.1, -0.05) is 6.07 Å². The molecule has 0 radical (unpaired) electrons. The van der Waals surface area contributed by atoms with E-state index in [1.165, 1.54) is 6.20 Å². The third-order valence-electron chi connectivity index (χ3n) is 5.00. The minimum atomic E-state index is -4.30. The average Bonchev–Trinajstić information content (AvgIpc) is 2.62. The van der Waals surface area contributed by atoms with Crippen molar-refractivity contribution in [2.45, 2.75) is 44.6 Å². The van der Waals surface area contributed by atoms with Crippen LogP contribution in [-0.2, 0) is 6.61 Å². The third-order valence-corrected chi connectivity index (χ3v) is 5.00. The van der Waals surface area contributed by atoms with E-state index in [-0.39, 0.29) is 11.4 Å². The minimum absolute atomic E-state index is 0.0108. The van der Waals surface area contributed by atoms with Crippen molar-refractivity contribution in [3.8, 4) is 22.6 Å². The zero-order valence-electron chi connectivity index (χ0n) is 15.7. The van der Waals surface area contributed by atoms with Gasteiger partial charge in [0.15, 0.2) is 0 Å². The molecule has 28 heavy (non-hydrogen) atoms. The van der Waals surface area contributed by atoms with E-state index < -0.39 is 12.7 Å². The van der Waals surface area contributed by atoms with Crippen LogP contribution in [0.5, 0.6) is 11.5 Å². The normalized spacial score (nSPS) is 23.1. The van der Waals surface area contributed by atoms with Crippen molar-refractivity contribution in [3.05, 3.63) is 36.0 Å². The predicted octanol–water partition coefficient (Wildman–Crippen LogP) is 4.13. The Bertz CT molecular complexity index is 879. The summed E-state index contributed by atoms with van der Waals surface area (Å²) in [6.45, 7) is 4.08. The molecule has 2 aliphatic rings. The van der Waals surface area contributed by atoms with Gasteiger partial charge in [0.25, 0.3) is 0 Å². The van der Waals surface area contributed by atoms with Crippen LogP contribution in [0.15, 0.2) is 30.5 Å². The molecular formula is C20H22F3N3O2. The maximum absolute atomic E-state index is 12.4. The Morgan fingerprint density at radius 3 is 2.82 bits per heavy atom. The lowest BCUT2D eigenvalue weighted by molar-refractivity contribution is -0.115. The lowest BCUT2D eigenvalue weighted by Crippen LogP contribution is -2.63. The summed E-state index contributed by atoms with van der Waals surface area (Å²) in [5.41, 5.74) is 2.54. The van der Waals surface area contributed by atoms with Crippen molar-refractivity contribution >= 4 is 5.82 Å². The van der Waals surface area contributed by atoms with Gasteiger partial charge in [-0.15, -0.1) is 0 Å². The molecule has 2 aromatic rings. The number of nitrogens with one attached hydrogen (secondary N) is 2. The van der Waals surface area contributed by atoms with Gasteiger partial charge in [0.1, 0.15) is 37.1 Å². The fourth-order valence-electron chi connectivity index (χ4n) is 3.85. The molecule has 5 nitrogen and oxygen atoms in total. The molecule has 2 N–H and O–H groups in total. The fourth-order valence-corrected chi connectivity index (χ4v) is 3.85. The summed E-state index contributed by atoms with van der Waals surface area (Å²) < 4.78 is 49.0. The highest BCUT2D eigenvalue weighted by molar-refractivity contribution is 5.77. The molecule has 4 rings (SSSR count). The summed E-state index contributed by atoms with van der Waals surface area (Å²) in [6, 6.07) is 7.81. The second kappa shape index (κ2) is 6.84. The van der Waals surface area contributed by atoms with E-state index in [0.717, 1.165) is 23.3 Å². The first-order valence-corrected chi connectivity index (χ1v) is 9.18. The van der Waals surface area contributed by atoms with Gasteiger partial charge in [-0.05, 0) is 44.0 Å². The maximum atomic E-state index is 12.4. The number of benzene rings is 1. The highest BCUT2D eigenvalue weighted by atomic mass is 19.4. The number of nitrogens with zero attached hydrogens (tertiary/aromatic N) is 1. The number of aromatic nitrogens is 1. The summed E-state index contributed by atoms with van der Waals surface area (Å²) >= 11 is 0. The molecular weight excluding hydrogens is 371 g/mol. The number of rotatable bonds is 5. The second-order valence-corrected chi connectivity index (χ2v) is 7.74. The van der Waals surface area contributed by atoms with Crippen molar-refractivity contribution < 1.29 is 22.6 Å². The molecule has 1 aromatic carbocycles. The number of hydrogen-bond donors (Lipinski definition) is 2. The quantitative estimate of drug-likeness (QED) is 0.800. The summed E-state index contributed by atoms with van der Waals surface area (Å²) in [7, 11) is 0. The lowest BCUT2D eigenvalue weighted by atomic mass is 9.85. The highest BCUT2D eigenvalue weighted by Gasteiger charge is 2.37. The molecule has 3 heterocycles. The summed E-state index contributed by atoms with van der Waals surface area (Å²) in [5.74, 6) is 1.46. The van der Waals surface area contributed by atoms with Crippen LogP contribution in [0.3, 0.4) is 0 Å². The molecule has 150 valence electrons. The SMILES string of the molecule is CC1CC(C)(COc2ccc3c(c2)COc2cnc(NCC(F)(F)F)cc2-3)N1. The number of ether oxygens (including phenoxy) is 2. The van der Waals surface area contributed by atoms with Gasteiger partial charge in [0.05, 0.1) is 11.7 Å². The molecule has 1 saturated heterocycles. The maximum Gasteiger partial charge on any atom is 0.405 e. The van der Waals surface area contributed by atoms with E-state index in [1.54, 1.807) is 6.07 Å². The number of hydrogen-bond acceptors (Lipinski definition) is 5. The van der Waals surface area contributed by atoms with Crippen molar-refractivity contribution in [1.82, 2.24) is 10.3 Å². The van der Waals surface area contributed by atoms with E-state index in [2.05, 4.69) is 29.5 Å². The Balaban J connectivity index is 1.50. The molecule has 2 unspecified atom stereocenters. The Morgan fingerprint density at radius 2 is 2.11 bits per heavy atom. The van der Waals surface area contributed by atoms with Gasteiger partial charge in [0.2, 0.25) is 0 Å². The zero-order valence-corrected chi connectivity index (χ0v) is 15.7. The zero-order chi connectivity index (χ0) is 19.9. The van der Waals surface area contributed by atoms with Crippen LogP contribution >= 0.6 is 0 Å². The van der Waals surface area contributed by atoms with E-state index in [0.29, 0.717) is 30.6 Å². The number of halogens is 3. The lowest BCUT2D eigenvalue weighted by Gasteiger charge is -2.45. The van der Waals surface area contributed by atoms with Gasteiger partial charge in [-0.2, -0.15) is 13.2 Å². The molecule has 1 fully saturated rings. The van der Waals surface area contributed by atoms with Crippen LogP contribution in [-0.4, -0.2) is 35.9 Å². The summed E-state index contributed by atoms with van der Waals surface area (Å²) in [4.78, 5) is 4.00. The van der Waals surface area contributed by atoms with Crippen LogP contribution in [0.1, 0.15) is 25.8 Å². The van der Waals surface area contributed by atoms with Crippen molar-refractivity contribution in [3.63, 3.8) is 0 Å². The predicted molar refractivity (Wildman–Crippen MR) is 99.7 cm³/mol. The Kier molecular flexibility index (Phi) is 4.61. The van der Waals surface area contributed by atoms with E-state index in [1.807, 2.05) is 18.2 Å². The monoisotopic (exact) mass is 393 g/mol. The largest absolute Gasteiger partial charge is 0.492 e. The molecule has 1 aromatic heterocycles. The van der Waals surface area contributed by atoms with Crippen LogP contribution in [0, 0.1) is 0 Å². The number of fused-ring (bicyclic) bond motifs is 3. The first kappa shape index (κ1) is 18.9. The summed E-state index contributed by atoms with van der Waals surface area (Å²) in [6.07, 6.45) is -1.79. The molecule has 0 aliphatic carbocycles. The van der Waals surface area contributed by atoms with Gasteiger partial charge in [0, 0.05) is 17.2 Å². The van der Waals surface area contributed by atoms with Crippen LogP contribution in [0.25, 0.3) is 11.1 Å². The molecule has 8 heteroatoms. The molecule has 0 amide bonds. The molecule has 0 bridgehead atoms. The Morgan fingerprint density at radius 1 is 1.32 bits per heavy atom. The Hall–Kier alpha value is -2.48.